The van der Waals surface area contributed by atoms with E-state index >= 15 is 0 Å². The third-order valence-corrected chi connectivity index (χ3v) is 4.03. The molecule has 0 N–H and O–H groups in total. The first-order valence-electron chi connectivity index (χ1n) is 6.69. The molecule has 0 atom stereocenters. The average molecular weight is 393 g/mol. The fourth-order valence-corrected chi connectivity index (χ4v) is 2.71. The van der Waals surface area contributed by atoms with Gasteiger partial charge in [0.15, 0.2) is 5.76 Å². The lowest BCUT2D eigenvalue weighted by Gasteiger charge is -2.06. The van der Waals surface area contributed by atoms with E-state index in [4.69, 9.17) is 21.1 Å². The summed E-state index contributed by atoms with van der Waals surface area (Å²) >= 11 is 9.50. The van der Waals surface area contributed by atoms with Gasteiger partial charge >= 0.3 is 5.91 Å². The molecule has 0 aliphatic carbocycles. The minimum absolute atomic E-state index is 0.122. The fraction of sp³-hybridized carbons (Fsp3) is 0.0588. The fourth-order valence-electron chi connectivity index (χ4n) is 2.12. The minimum atomic E-state index is -0.457. The second-order valence-corrected chi connectivity index (χ2v) is 6.02. The molecule has 1 heterocycles. The number of methoxy groups -OCH3 is 1. The molecule has 0 radical (unpaired) electrons. The Labute approximate surface area is 146 Å². The summed E-state index contributed by atoms with van der Waals surface area (Å²) in [5.41, 5.74) is 1.29. The number of ether oxygens (including phenoxy) is 2. The molecule has 3 rings (SSSR count). The number of halogens is 2. The van der Waals surface area contributed by atoms with Crippen LogP contribution >= 0.6 is 27.5 Å². The number of benzene rings is 2. The number of nitrogens with zero attached hydrogens (tertiary/aromatic N) is 1. The van der Waals surface area contributed by atoms with E-state index in [1.165, 1.54) is 0 Å². The van der Waals surface area contributed by atoms with Crippen LogP contribution in [0.15, 0.2) is 57.7 Å². The zero-order chi connectivity index (χ0) is 16.4. The van der Waals surface area contributed by atoms with Crippen molar-refractivity contribution in [2.24, 2.45) is 4.99 Å². The number of rotatable bonds is 3. The van der Waals surface area contributed by atoms with Crippen molar-refractivity contribution in [1.82, 2.24) is 0 Å². The first kappa shape index (κ1) is 15.8. The lowest BCUT2D eigenvalue weighted by Crippen LogP contribution is -2.01. The van der Waals surface area contributed by atoms with Gasteiger partial charge in [0.2, 0.25) is 5.90 Å². The molecule has 6 heteroatoms. The van der Waals surface area contributed by atoms with E-state index in [-0.39, 0.29) is 11.7 Å². The largest absolute Gasteiger partial charge is 0.496 e. The third kappa shape index (κ3) is 3.30. The summed E-state index contributed by atoms with van der Waals surface area (Å²) in [5, 5.41) is 0.473. The van der Waals surface area contributed by atoms with Crippen molar-refractivity contribution < 1.29 is 14.3 Å². The van der Waals surface area contributed by atoms with Gasteiger partial charge in [-0.05, 0) is 36.4 Å². The highest BCUT2D eigenvalue weighted by Crippen LogP contribution is 2.28. The number of amides is 1. The molecule has 116 valence electrons. The van der Waals surface area contributed by atoms with Gasteiger partial charge in [0, 0.05) is 10.0 Å². The number of hydrogen-bond acceptors (Lipinski definition) is 3. The molecule has 1 amide bonds. The van der Waals surface area contributed by atoms with Crippen molar-refractivity contribution >= 4 is 45.4 Å². The van der Waals surface area contributed by atoms with Crippen LogP contribution in [0.3, 0.4) is 0 Å². The monoisotopic (exact) mass is 391 g/mol. The Morgan fingerprint density at radius 3 is 2.78 bits per heavy atom. The summed E-state index contributed by atoms with van der Waals surface area (Å²) in [6, 6.07) is 12.5. The van der Waals surface area contributed by atoms with Gasteiger partial charge in [0.25, 0.3) is 0 Å². The van der Waals surface area contributed by atoms with Crippen LogP contribution in [0, 0.1) is 0 Å². The molecule has 0 aromatic heterocycles. The molecule has 0 saturated heterocycles. The highest BCUT2D eigenvalue weighted by atomic mass is 79.9. The van der Waals surface area contributed by atoms with Crippen molar-refractivity contribution in [3.05, 3.63) is 68.8 Å². The maximum Gasteiger partial charge on any atom is 0.316 e. The molecule has 0 unspecified atom stereocenters. The summed E-state index contributed by atoms with van der Waals surface area (Å²) in [7, 11) is 1.56. The van der Waals surface area contributed by atoms with Gasteiger partial charge in [0.1, 0.15) is 5.75 Å². The summed E-state index contributed by atoms with van der Waals surface area (Å²) in [6.07, 6.45) is 1.60. The molecule has 0 spiro atoms. The Bertz CT molecular complexity index is 845. The number of hydrogen-bond donors (Lipinski definition) is 0. The summed E-state index contributed by atoms with van der Waals surface area (Å²) in [4.78, 5) is 16.0. The summed E-state index contributed by atoms with van der Waals surface area (Å²) in [5.74, 6) is 0.488. The van der Waals surface area contributed by atoms with E-state index in [1.807, 2.05) is 12.1 Å². The van der Waals surface area contributed by atoms with Crippen LogP contribution in [0.4, 0.5) is 0 Å². The van der Waals surface area contributed by atoms with Crippen LogP contribution in [-0.2, 0) is 9.53 Å². The molecular weight excluding hydrogens is 382 g/mol. The smallest absolute Gasteiger partial charge is 0.316 e. The van der Waals surface area contributed by atoms with E-state index in [9.17, 15) is 4.79 Å². The maximum atomic E-state index is 12.1. The van der Waals surface area contributed by atoms with Crippen molar-refractivity contribution in [3.8, 4) is 5.75 Å². The highest BCUT2D eigenvalue weighted by molar-refractivity contribution is 9.10. The van der Waals surface area contributed by atoms with E-state index in [0.717, 1.165) is 4.47 Å². The van der Waals surface area contributed by atoms with Crippen LogP contribution in [-0.4, -0.2) is 18.9 Å². The molecule has 1 aliphatic rings. The molecule has 2 aromatic carbocycles. The SMILES string of the molecule is COc1ccc(Br)cc1/C=C1/OC(c2ccccc2Cl)=NC1=O. The first-order chi connectivity index (χ1) is 11.1. The van der Waals surface area contributed by atoms with Gasteiger partial charge in [-0.1, -0.05) is 39.7 Å². The van der Waals surface area contributed by atoms with Crippen LogP contribution < -0.4 is 4.74 Å². The standard InChI is InChI=1S/C17H11BrClNO3/c1-22-14-7-6-11(18)8-10(14)9-15-16(21)20-17(23-15)12-4-2-3-5-13(12)19/h2-9H,1H3/b15-9+. The number of carbonyl (C=O) groups excluding carboxylic acids is 1. The van der Waals surface area contributed by atoms with Crippen molar-refractivity contribution in [2.45, 2.75) is 0 Å². The van der Waals surface area contributed by atoms with Crippen molar-refractivity contribution in [2.75, 3.05) is 7.11 Å². The quantitative estimate of drug-likeness (QED) is 0.725. The molecule has 0 fully saturated rings. The van der Waals surface area contributed by atoms with Crippen molar-refractivity contribution in [3.63, 3.8) is 0 Å². The van der Waals surface area contributed by atoms with Gasteiger partial charge in [-0.2, -0.15) is 4.99 Å². The molecule has 1 aliphatic heterocycles. The Hall–Kier alpha value is -2.11. The molecule has 23 heavy (non-hydrogen) atoms. The predicted octanol–water partition coefficient (Wildman–Crippen LogP) is 4.46. The summed E-state index contributed by atoms with van der Waals surface area (Å²) in [6.45, 7) is 0. The Kier molecular flexibility index (Phi) is 4.50. The van der Waals surface area contributed by atoms with Crippen LogP contribution in [0.25, 0.3) is 6.08 Å². The van der Waals surface area contributed by atoms with E-state index in [2.05, 4.69) is 20.9 Å². The topological polar surface area (TPSA) is 47.9 Å². The molecule has 4 nitrogen and oxygen atoms in total. The molecule has 0 bridgehead atoms. The Morgan fingerprint density at radius 1 is 1.26 bits per heavy atom. The van der Waals surface area contributed by atoms with Gasteiger partial charge < -0.3 is 9.47 Å². The second kappa shape index (κ2) is 6.56. The lowest BCUT2D eigenvalue weighted by molar-refractivity contribution is -0.115. The van der Waals surface area contributed by atoms with Crippen LogP contribution in [0.2, 0.25) is 5.02 Å². The molecular formula is C17H11BrClNO3. The zero-order valence-corrected chi connectivity index (χ0v) is 14.4. The Balaban J connectivity index is 1.94. The number of aliphatic imine (C=N–C) groups is 1. The second-order valence-electron chi connectivity index (χ2n) is 4.70. The minimum Gasteiger partial charge on any atom is -0.496 e. The van der Waals surface area contributed by atoms with Gasteiger partial charge in [-0.3, -0.25) is 4.79 Å². The van der Waals surface area contributed by atoms with Gasteiger partial charge in [0.05, 0.1) is 17.7 Å². The first-order valence-corrected chi connectivity index (χ1v) is 7.86. The van der Waals surface area contributed by atoms with E-state index < -0.39 is 5.91 Å². The average Bonchev–Trinajstić information content (AvgIpc) is 2.89. The normalized spacial score (nSPS) is 15.5. The van der Waals surface area contributed by atoms with Crippen LogP contribution in [0.5, 0.6) is 5.75 Å². The van der Waals surface area contributed by atoms with Crippen LogP contribution in [0.1, 0.15) is 11.1 Å². The van der Waals surface area contributed by atoms with Gasteiger partial charge in [-0.25, -0.2) is 0 Å². The number of carbonyl (C=O) groups is 1. The van der Waals surface area contributed by atoms with Crippen molar-refractivity contribution in [1.29, 1.82) is 0 Å². The van der Waals surface area contributed by atoms with E-state index in [1.54, 1.807) is 43.5 Å². The molecule has 2 aromatic rings. The maximum absolute atomic E-state index is 12.1. The lowest BCUT2D eigenvalue weighted by atomic mass is 10.2. The summed E-state index contributed by atoms with van der Waals surface area (Å²) < 4.78 is 11.7. The Morgan fingerprint density at radius 2 is 2.04 bits per heavy atom. The van der Waals surface area contributed by atoms with E-state index in [0.29, 0.717) is 21.9 Å². The van der Waals surface area contributed by atoms with Gasteiger partial charge in [-0.15, -0.1) is 0 Å². The highest BCUT2D eigenvalue weighted by Gasteiger charge is 2.25. The third-order valence-electron chi connectivity index (χ3n) is 3.20. The predicted molar refractivity (Wildman–Crippen MR) is 92.8 cm³/mol. The zero-order valence-electron chi connectivity index (χ0n) is 12.0. The molecule has 0 saturated carbocycles.